The van der Waals surface area contributed by atoms with E-state index < -0.39 is 6.10 Å². The zero-order valence-corrected chi connectivity index (χ0v) is 8.66. The van der Waals surface area contributed by atoms with Crippen LogP contribution in [-0.4, -0.2) is 44.4 Å². The molecule has 0 saturated carbocycles. The topological polar surface area (TPSA) is 73.6 Å². The quantitative estimate of drug-likeness (QED) is 0.629. The summed E-state index contributed by atoms with van der Waals surface area (Å²) in [7, 11) is 1.48. The molecule has 0 aromatic rings. The van der Waals surface area contributed by atoms with Gasteiger partial charge in [-0.25, -0.2) is 0 Å². The summed E-state index contributed by atoms with van der Waals surface area (Å²) in [5, 5.41) is 2.86. The summed E-state index contributed by atoms with van der Waals surface area (Å²) in [6, 6.07) is 0.0895. The predicted octanol–water partition coefficient (Wildman–Crippen LogP) is -0.746. The van der Waals surface area contributed by atoms with Crippen LogP contribution in [0.2, 0.25) is 0 Å². The van der Waals surface area contributed by atoms with Crippen molar-refractivity contribution in [2.24, 2.45) is 5.73 Å². The van der Waals surface area contributed by atoms with Gasteiger partial charge in [0.05, 0.1) is 12.1 Å². The van der Waals surface area contributed by atoms with E-state index in [2.05, 4.69) is 5.32 Å². The van der Waals surface area contributed by atoms with Crippen molar-refractivity contribution in [2.75, 3.05) is 20.3 Å². The largest absolute Gasteiger partial charge is 0.376 e. The lowest BCUT2D eigenvalue weighted by Crippen LogP contribution is -2.47. The fourth-order valence-electron chi connectivity index (χ4n) is 1.51. The zero-order valence-electron chi connectivity index (χ0n) is 8.66. The Balaban J connectivity index is 2.39. The van der Waals surface area contributed by atoms with Crippen LogP contribution in [0.15, 0.2) is 0 Å². The maximum absolute atomic E-state index is 11.5. The number of rotatable bonds is 4. The van der Waals surface area contributed by atoms with Crippen molar-refractivity contribution in [3.63, 3.8) is 0 Å². The molecule has 1 fully saturated rings. The van der Waals surface area contributed by atoms with Gasteiger partial charge in [0, 0.05) is 20.3 Å². The van der Waals surface area contributed by atoms with Crippen LogP contribution < -0.4 is 11.1 Å². The highest BCUT2D eigenvalue weighted by Crippen LogP contribution is 2.12. The molecule has 3 atom stereocenters. The number of hydrogen-bond donors (Lipinski definition) is 2. The molecule has 1 heterocycles. The van der Waals surface area contributed by atoms with Crippen LogP contribution in [0.4, 0.5) is 0 Å². The fraction of sp³-hybridized carbons (Fsp3) is 0.889. The first kappa shape index (κ1) is 11.4. The van der Waals surface area contributed by atoms with E-state index >= 15 is 0 Å². The first-order valence-electron chi connectivity index (χ1n) is 4.84. The summed E-state index contributed by atoms with van der Waals surface area (Å²) in [5.41, 5.74) is 5.38. The smallest absolute Gasteiger partial charge is 0.250 e. The SMILES string of the molecule is COC(CN)C(=O)NC1CCOC1C. The number of methoxy groups -OCH3 is 1. The molecule has 0 aromatic carbocycles. The van der Waals surface area contributed by atoms with Crippen LogP contribution in [0, 0.1) is 0 Å². The van der Waals surface area contributed by atoms with Crippen molar-refractivity contribution >= 4 is 5.91 Å². The first-order chi connectivity index (χ1) is 6.69. The third kappa shape index (κ3) is 2.67. The van der Waals surface area contributed by atoms with Crippen LogP contribution in [0.1, 0.15) is 13.3 Å². The Labute approximate surface area is 83.9 Å². The highest BCUT2D eigenvalue weighted by atomic mass is 16.5. The van der Waals surface area contributed by atoms with Crippen molar-refractivity contribution in [1.29, 1.82) is 0 Å². The highest BCUT2D eigenvalue weighted by Gasteiger charge is 2.27. The predicted molar refractivity (Wildman–Crippen MR) is 51.8 cm³/mol. The molecule has 3 N–H and O–H groups in total. The molecule has 0 aromatic heterocycles. The van der Waals surface area contributed by atoms with Crippen LogP contribution in [0.5, 0.6) is 0 Å². The molecule has 1 saturated heterocycles. The van der Waals surface area contributed by atoms with E-state index in [1.54, 1.807) is 0 Å². The van der Waals surface area contributed by atoms with Gasteiger partial charge in [0.1, 0.15) is 6.10 Å². The van der Waals surface area contributed by atoms with E-state index in [0.717, 1.165) is 6.42 Å². The Kier molecular flexibility index (Phi) is 4.31. The number of ether oxygens (including phenoxy) is 2. The van der Waals surface area contributed by atoms with Gasteiger partial charge >= 0.3 is 0 Å². The van der Waals surface area contributed by atoms with E-state index in [4.69, 9.17) is 15.2 Å². The lowest BCUT2D eigenvalue weighted by molar-refractivity contribution is -0.131. The van der Waals surface area contributed by atoms with Crippen LogP contribution >= 0.6 is 0 Å². The summed E-state index contributed by atoms with van der Waals surface area (Å²) in [6.07, 6.45) is 0.380. The van der Waals surface area contributed by atoms with Crippen molar-refractivity contribution in [1.82, 2.24) is 5.32 Å². The highest BCUT2D eigenvalue weighted by molar-refractivity contribution is 5.81. The minimum atomic E-state index is -0.553. The van der Waals surface area contributed by atoms with Gasteiger partial charge in [0.15, 0.2) is 0 Å². The standard InChI is InChI=1S/C9H18N2O3/c1-6-7(3-4-14-6)11-9(12)8(5-10)13-2/h6-8H,3-5,10H2,1-2H3,(H,11,12). The molecule has 5 heteroatoms. The average Bonchev–Trinajstić information content (AvgIpc) is 2.54. The van der Waals surface area contributed by atoms with Crippen molar-refractivity contribution in [3.05, 3.63) is 0 Å². The van der Waals surface area contributed by atoms with Crippen LogP contribution in [0.25, 0.3) is 0 Å². The summed E-state index contributed by atoms with van der Waals surface area (Å²) in [6.45, 7) is 2.85. The van der Waals surface area contributed by atoms with Crippen molar-refractivity contribution in [3.8, 4) is 0 Å². The van der Waals surface area contributed by atoms with Gasteiger partial charge in [-0.3, -0.25) is 4.79 Å². The molecule has 0 bridgehead atoms. The molecule has 5 nitrogen and oxygen atoms in total. The number of nitrogens with two attached hydrogens (primary N) is 1. The third-order valence-corrected chi connectivity index (χ3v) is 2.49. The average molecular weight is 202 g/mol. The van der Waals surface area contributed by atoms with Crippen molar-refractivity contribution < 1.29 is 14.3 Å². The molecule has 1 amide bonds. The number of nitrogens with one attached hydrogen (secondary N) is 1. The summed E-state index contributed by atoms with van der Waals surface area (Å²) in [4.78, 5) is 11.5. The molecule has 0 spiro atoms. The summed E-state index contributed by atoms with van der Waals surface area (Å²) >= 11 is 0. The molecular weight excluding hydrogens is 184 g/mol. The Bertz CT molecular complexity index is 194. The Hall–Kier alpha value is -0.650. The second-order valence-corrected chi connectivity index (χ2v) is 3.44. The summed E-state index contributed by atoms with van der Waals surface area (Å²) < 4.78 is 10.3. The molecule has 1 aliphatic rings. The molecule has 1 aliphatic heterocycles. The van der Waals surface area contributed by atoms with Gasteiger partial charge in [-0.1, -0.05) is 0 Å². The Morgan fingerprint density at radius 3 is 2.93 bits per heavy atom. The molecular formula is C9H18N2O3. The normalized spacial score (nSPS) is 28.8. The van der Waals surface area contributed by atoms with Crippen LogP contribution in [0.3, 0.4) is 0 Å². The van der Waals surface area contributed by atoms with Gasteiger partial charge in [-0.15, -0.1) is 0 Å². The molecule has 82 valence electrons. The second-order valence-electron chi connectivity index (χ2n) is 3.44. The molecule has 1 rings (SSSR count). The van der Waals surface area contributed by atoms with Gasteiger partial charge in [0.25, 0.3) is 5.91 Å². The molecule has 14 heavy (non-hydrogen) atoms. The molecule has 3 unspecified atom stereocenters. The lowest BCUT2D eigenvalue weighted by atomic mass is 10.1. The molecule has 0 aliphatic carbocycles. The van der Waals surface area contributed by atoms with E-state index in [-0.39, 0.29) is 24.6 Å². The first-order valence-corrected chi connectivity index (χ1v) is 4.84. The van der Waals surface area contributed by atoms with E-state index in [9.17, 15) is 4.79 Å². The monoisotopic (exact) mass is 202 g/mol. The number of amides is 1. The molecule has 0 radical (unpaired) electrons. The lowest BCUT2D eigenvalue weighted by Gasteiger charge is -2.19. The minimum absolute atomic E-state index is 0.0780. The minimum Gasteiger partial charge on any atom is -0.376 e. The maximum atomic E-state index is 11.5. The van der Waals surface area contributed by atoms with Gasteiger partial charge in [0.2, 0.25) is 0 Å². The zero-order chi connectivity index (χ0) is 10.6. The Morgan fingerprint density at radius 2 is 2.50 bits per heavy atom. The van der Waals surface area contributed by atoms with Gasteiger partial charge in [-0.2, -0.15) is 0 Å². The van der Waals surface area contributed by atoms with Crippen LogP contribution in [-0.2, 0) is 14.3 Å². The number of carbonyl (C=O) groups excluding carboxylic acids is 1. The van der Waals surface area contributed by atoms with E-state index in [0.29, 0.717) is 6.61 Å². The second kappa shape index (κ2) is 5.29. The van der Waals surface area contributed by atoms with Gasteiger partial charge < -0.3 is 20.5 Å². The summed E-state index contributed by atoms with van der Waals surface area (Å²) in [5.74, 6) is -0.155. The number of hydrogen-bond acceptors (Lipinski definition) is 4. The van der Waals surface area contributed by atoms with Crippen molar-refractivity contribution in [2.45, 2.75) is 31.6 Å². The third-order valence-electron chi connectivity index (χ3n) is 2.49. The fourth-order valence-corrected chi connectivity index (χ4v) is 1.51. The van der Waals surface area contributed by atoms with Gasteiger partial charge in [-0.05, 0) is 13.3 Å². The van der Waals surface area contributed by atoms with E-state index in [1.807, 2.05) is 6.92 Å². The maximum Gasteiger partial charge on any atom is 0.250 e. The van der Waals surface area contributed by atoms with E-state index in [1.165, 1.54) is 7.11 Å². The Morgan fingerprint density at radius 1 is 1.79 bits per heavy atom. The number of carbonyl (C=O) groups is 1.